The van der Waals surface area contributed by atoms with E-state index in [0.29, 0.717) is 17.5 Å². The van der Waals surface area contributed by atoms with E-state index in [2.05, 4.69) is 38.9 Å². The molecule has 0 spiro atoms. The zero-order valence-electron chi connectivity index (χ0n) is 18.0. The number of aromatic nitrogens is 4. The lowest BCUT2D eigenvalue weighted by Crippen LogP contribution is -2.33. The van der Waals surface area contributed by atoms with Crippen LogP contribution in [0.4, 0.5) is 11.5 Å². The van der Waals surface area contributed by atoms with Crippen molar-refractivity contribution in [3.63, 3.8) is 0 Å². The van der Waals surface area contributed by atoms with E-state index in [9.17, 15) is 4.79 Å². The summed E-state index contributed by atoms with van der Waals surface area (Å²) in [5.41, 5.74) is 2.31. The Morgan fingerprint density at radius 2 is 2.16 bits per heavy atom. The van der Waals surface area contributed by atoms with E-state index in [1.54, 1.807) is 23.2 Å². The lowest BCUT2D eigenvalue weighted by atomic mass is 10.2. The van der Waals surface area contributed by atoms with Gasteiger partial charge >= 0.3 is 0 Å². The zero-order chi connectivity index (χ0) is 21.8. The van der Waals surface area contributed by atoms with E-state index in [4.69, 9.17) is 4.99 Å². The van der Waals surface area contributed by atoms with E-state index in [-0.39, 0.29) is 12.5 Å². The number of rotatable bonds is 6. The van der Waals surface area contributed by atoms with Crippen molar-refractivity contribution in [1.82, 2.24) is 24.6 Å². The van der Waals surface area contributed by atoms with Gasteiger partial charge in [-0.05, 0) is 38.0 Å². The lowest BCUT2D eigenvalue weighted by molar-refractivity contribution is -0.116. The van der Waals surface area contributed by atoms with Crippen molar-refractivity contribution in [3.05, 3.63) is 49.1 Å². The summed E-state index contributed by atoms with van der Waals surface area (Å²) in [7, 11) is 2.08. The second-order valence-electron chi connectivity index (χ2n) is 7.84. The van der Waals surface area contributed by atoms with Gasteiger partial charge in [0.2, 0.25) is 5.91 Å². The molecule has 0 radical (unpaired) electrons. The van der Waals surface area contributed by atoms with E-state index < -0.39 is 0 Å². The summed E-state index contributed by atoms with van der Waals surface area (Å²) in [5, 5.41) is 8.15. The molecule has 31 heavy (non-hydrogen) atoms. The van der Waals surface area contributed by atoms with Gasteiger partial charge in [-0.2, -0.15) is 5.10 Å². The van der Waals surface area contributed by atoms with Crippen molar-refractivity contribution >= 4 is 40.2 Å². The maximum absolute atomic E-state index is 12.7. The number of hydrogen-bond acceptors (Lipinski definition) is 5. The van der Waals surface area contributed by atoms with Crippen molar-refractivity contribution < 1.29 is 4.79 Å². The van der Waals surface area contributed by atoms with Crippen molar-refractivity contribution in [2.45, 2.75) is 45.2 Å². The molecule has 1 aliphatic carbocycles. The van der Waals surface area contributed by atoms with Gasteiger partial charge in [-0.15, -0.1) is 0 Å². The highest BCUT2D eigenvalue weighted by molar-refractivity contribution is 5.93. The van der Waals surface area contributed by atoms with Gasteiger partial charge in [-0.3, -0.25) is 4.79 Å². The minimum absolute atomic E-state index is 0.0520. The van der Waals surface area contributed by atoms with Crippen molar-refractivity contribution in [2.75, 3.05) is 12.4 Å². The van der Waals surface area contributed by atoms with Crippen LogP contribution in [0.25, 0.3) is 17.0 Å². The average molecular weight is 418 g/mol. The van der Waals surface area contributed by atoms with Crippen LogP contribution < -0.4 is 5.32 Å². The van der Waals surface area contributed by atoms with Crippen LogP contribution in [-0.2, 0) is 11.3 Å². The first-order valence-electron chi connectivity index (χ1n) is 10.5. The summed E-state index contributed by atoms with van der Waals surface area (Å²) >= 11 is 0. The Kier molecular flexibility index (Phi) is 6.06. The van der Waals surface area contributed by atoms with E-state index in [0.717, 1.165) is 22.3 Å². The maximum atomic E-state index is 12.7. The molecule has 1 aromatic carbocycles. The largest absolute Gasteiger partial charge is 0.360 e. The molecule has 2 heterocycles. The summed E-state index contributed by atoms with van der Waals surface area (Å²) in [6, 6.07) is 6.05. The average Bonchev–Trinajstić information content (AvgIpc) is 3.44. The van der Waals surface area contributed by atoms with Gasteiger partial charge in [0.05, 0.1) is 11.7 Å². The molecular formula is C23H27N7O. The first-order valence-corrected chi connectivity index (χ1v) is 10.5. The quantitative estimate of drug-likeness (QED) is 0.483. The second kappa shape index (κ2) is 9.07. The highest BCUT2D eigenvalue weighted by atomic mass is 16.2. The van der Waals surface area contributed by atoms with E-state index in [1.807, 2.05) is 25.1 Å². The number of aliphatic imine (C=N–C) groups is 1. The molecule has 0 saturated heterocycles. The van der Waals surface area contributed by atoms with Gasteiger partial charge in [0.1, 0.15) is 18.7 Å². The zero-order valence-corrected chi connectivity index (χ0v) is 18.0. The first kappa shape index (κ1) is 20.7. The number of amides is 1. The highest BCUT2D eigenvalue weighted by Gasteiger charge is 2.21. The number of anilines is 1. The molecule has 8 nitrogen and oxygen atoms in total. The molecular weight excluding hydrogens is 390 g/mol. The SMILES string of the molecule is C=Cc1cnn(CC(=O)Nc2ccc3ncncc3c2)c1/N=C(\C)N(C)C1CCCC1. The Morgan fingerprint density at radius 3 is 2.94 bits per heavy atom. The molecule has 1 aliphatic rings. The smallest absolute Gasteiger partial charge is 0.246 e. The molecule has 0 unspecified atom stereocenters. The molecule has 4 rings (SSSR count). The Labute approximate surface area is 181 Å². The fourth-order valence-electron chi connectivity index (χ4n) is 3.96. The van der Waals surface area contributed by atoms with Crippen LogP contribution in [0, 0.1) is 0 Å². The molecule has 0 bridgehead atoms. The Balaban J connectivity index is 1.51. The standard InChI is InChI=1S/C23H27N7O/c1-4-17-13-26-30(23(17)27-16(2)29(3)20-7-5-6-8-20)14-22(31)28-19-9-10-21-18(11-19)12-24-15-25-21/h4,9-13,15,20H,1,5-8,14H2,2-3H3,(H,28,31)/b27-16+. The Hall–Kier alpha value is -3.55. The molecule has 1 N–H and O–H groups in total. The minimum Gasteiger partial charge on any atom is -0.360 e. The highest BCUT2D eigenvalue weighted by Crippen LogP contribution is 2.25. The number of benzene rings is 1. The normalized spacial score (nSPS) is 14.7. The number of nitrogens with zero attached hydrogens (tertiary/aromatic N) is 6. The third kappa shape index (κ3) is 4.63. The second-order valence-corrected chi connectivity index (χ2v) is 7.84. The summed E-state index contributed by atoms with van der Waals surface area (Å²) in [6.45, 7) is 5.91. The molecule has 0 aliphatic heterocycles. The number of nitrogens with one attached hydrogen (secondary N) is 1. The Morgan fingerprint density at radius 1 is 1.35 bits per heavy atom. The predicted octanol–water partition coefficient (Wildman–Crippen LogP) is 4.03. The van der Waals surface area contributed by atoms with E-state index in [1.165, 1.54) is 32.0 Å². The van der Waals surface area contributed by atoms with Crippen LogP contribution >= 0.6 is 0 Å². The summed E-state index contributed by atoms with van der Waals surface area (Å²) in [5.74, 6) is 1.36. The van der Waals surface area contributed by atoms with Crippen LogP contribution in [0.2, 0.25) is 0 Å². The Bertz CT molecular complexity index is 1130. The lowest BCUT2D eigenvalue weighted by Gasteiger charge is -2.26. The van der Waals surface area contributed by atoms with Gasteiger partial charge in [0, 0.05) is 35.9 Å². The number of fused-ring (bicyclic) bond motifs is 1. The molecule has 0 atom stereocenters. The van der Waals surface area contributed by atoms with Crippen LogP contribution in [0.1, 0.15) is 38.2 Å². The van der Waals surface area contributed by atoms with Gasteiger partial charge in [-0.25, -0.2) is 19.6 Å². The van der Waals surface area contributed by atoms with Crippen molar-refractivity contribution in [1.29, 1.82) is 0 Å². The topological polar surface area (TPSA) is 88.3 Å². The number of carbonyl (C=O) groups is 1. The fraction of sp³-hybridized carbons (Fsp3) is 0.348. The molecule has 1 saturated carbocycles. The van der Waals surface area contributed by atoms with Gasteiger partial charge in [0.25, 0.3) is 0 Å². The van der Waals surface area contributed by atoms with E-state index >= 15 is 0 Å². The molecule has 1 amide bonds. The first-order chi connectivity index (χ1) is 15.0. The maximum Gasteiger partial charge on any atom is 0.246 e. The summed E-state index contributed by atoms with van der Waals surface area (Å²) in [6.07, 6.45) is 11.5. The number of carbonyl (C=O) groups excluding carboxylic acids is 1. The predicted molar refractivity (Wildman–Crippen MR) is 123 cm³/mol. The fourth-order valence-corrected chi connectivity index (χ4v) is 3.96. The molecule has 2 aromatic heterocycles. The van der Waals surface area contributed by atoms with Crippen LogP contribution in [0.15, 0.2) is 48.5 Å². The minimum atomic E-state index is -0.187. The third-order valence-electron chi connectivity index (χ3n) is 5.79. The number of amidine groups is 1. The third-order valence-corrected chi connectivity index (χ3v) is 5.79. The summed E-state index contributed by atoms with van der Waals surface area (Å²) in [4.78, 5) is 28.0. The van der Waals surface area contributed by atoms with Crippen LogP contribution in [-0.4, -0.2) is 49.5 Å². The van der Waals surface area contributed by atoms with Gasteiger partial charge in [-0.1, -0.05) is 25.5 Å². The van der Waals surface area contributed by atoms with Gasteiger partial charge in [0.15, 0.2) is 5.82 Å². The van der Waals surface area contributed by atoms with Crippen LogP contribution in [0.5, 0.6) is 0 Å². The van der Waals surface area contributed by atoms with Gasteiger partial charge < -0.3 is 10.2 Å². The molecule has 3 aromatic rings. The molecule has 8 heteroatoms. The molecule has 1 fully saturated rings. The number of hydrogen-bond donors (Lipinski definition) is 1. The summed E-state index contributed by atoms with van der Waals surface area (Å²) < 4.78 is 1.61. The van der Waals surface area contributed by atoms with Crippen LogP contribution in [0.3, 0.4) is 0 Å². The monoisotopic (exact) mass is 417 g/mol. The van der Waals surface area contributed by atoms with Crippen molar-refractivity contribution in [2.24, 2.45) is 4.99 Å². The van der Waals surface area contributed by atoms with Crippen molar-refractivity contribution in [3.8, 4) is 0 Å². The molecule has 160 valence electrons.